The van der Waals surface area contributed by atoms with Gasteiger partial charge in [-0.2, -0.15) is 0 Å². The summed E-state index contributed by atoms with van der Waals surface area (Å²) in [7, 11) is 0. The van der Waals surface area contributed by atoms with Gasteiger partial charge in [-0.15, -0.1) is 11.8 Å². The Kier molecular flexibility index (Phi) is 8.73. The van der Waals surface area contributed by atoms with Gasteiger partial charge in [0.05, 0.1) is 18.7 Å². The molecule has 0 radical (unpaired) electrons. The van der Waals surface area contributed by atoms with E-state index in [9.17, 15) is 9.59 Å². The number of carbonyl (C=O) groups is 2. The van der Waals surface area contributed by atoms with Crippen LogP contribution in [0.1, 0.15) is 21.5 Å². The van der Waals surface area contributed by atoms with E-state index < -0.39 is 0 Å². The number of aryl methyl sites for hydroxylation is 1. The second-order valence-corrected chi connectivity index (χ2v) is 7.93. The number of nitrogens with zero attached hydrogens (tertiary/aromatic N) is 2. The Balaban J connectivity index is 1.62. The Bertz CT molecular complexity index is 1080. The first kappa shape index (κ1) is 23.4. The van der Waals surface area contributed by atoms with Crippen molar-refractivity contribution in [1.82, 2.24) is 15.3 Å². The Labute approximate surface area is 190 Å². The number of amides is 2. The first-order chi connectivity index (χ1) is 15.5. The third kappa shape index (κ3) is 7.16. The molecule has 9 heteroatoms. The lowest BCUT2D eigenvalue weighted by atomic mass is 10.2. The summed E-state index contributed by atoms with van der Waals surface area (Å²) in [6.07, 6.45) is 3.28. The van der Waals surface area contributed by atoms with Gasteiger partial charge in [-0.1, -0.05) is 12.1 Å². The summed E-state index contributed by atoms with van der Waals surface area (Å²) in [5.41, 5.74) is 3.22. The monoisotopic (exact) mass is 451 g/mol. The summed E-state index contributed by atoms with van der Waals surface area (Å²) in [5.74, 6) is 0.535. The molecule has 0 spiro atoms. The van der Waals surface area contributed by atoms with Crippen LogP contribution in [0, 0.1) is 6.92 Å². The van der Waals surface area contributed by atoms with Crippen LogP contribution in [-0.2, 0) is 10.5 Å². The number of benzene rings is 1. The van der Waals surface area contributed by atoms with Gasteiger partial charge in [0.15, 0.2) is 0 Å². The van der Waals surface area contributed by atoms with Crippen molar-refractivity contribution in [2.24, 2.45) is 0 Å². The zero-order chi connectivity index (χ0) is 22.8. The number of rotatable bonds is 10. The lowest BCUT2D eigenvalue weighted by molar-refractivity contribution is -0.115. The maximum absolute atomic E-state index is 12.8. The van der Waals surface area contributed by atoms with E-state index in [-0.39, 0.29) is 25.0 Å². The van der Waals surface area contributed by atoms with Crippen LogP contribution in [0.4, 0.5) is 11.5 Å². The molecule has 32 heavy (non-hydrogen) atoms. The number of aliphatic hydroxyl groups excluding tert-OH is 1. The van der Waals surface area contributed by atoms with E-state index in [0.717, 1.165) is 16.8 Å². The minimum atomic E-state index is -0.240. The molecule has 0 fully saturated rings. The van der Waals surface area contributed by atoms with Gasteiger partial charge in [0, 0.05) is 30.4 Å². The van der Waals surface area contributed by atoms with E-state index in [4.69, 9.17) is 5.11 Å². The van der Waals surface area contributed by atoms with E-state index >= 15 is 0 Å². The van der Waals surface area contributed by atoms with Gasteiger partial charge >= 0.3 is 0 Å². The molecule has 3 rings (SSSR count). The van der Waals surface area contributed by atoms with Crippen LogP contribution in [0.2, 0.25) is 0 Å². The molecule has 0 saturated heterocycles. The maximum Gasteiger partial charge on any atom is 0.258 e. The topological polar surface area (TPSA) is 116 Å². The molecular weight excluding hydrogens is 426 g/mol. The van der Waals surface area contributed by atoms with Crippen molar-refractivity contribution in [2.45, 2.75) is 17.7 Å². The smallest absolute Gasteiger partial charge is 0.258 e. The summed E-state index contributed by atoms with van der Waals surface area (Å²) < 4.78 is 0. The zero-order valence-electron chi connectivity index (χ0n) is 17.7. The van der Waals surface area contributed by atoms with Gasteiger partial charge in [-0.3, -0.25) is 9.59 Å². The third-order valence-electron chi connectivity index (χ3n) is 4.33. The fraction of sp³-hybridized carbons (Fsp3) is 0.217. The Morgan fingerprint density at radius 3 is 2.72 bits per heavy atom. The van der Waals surface area contributed by atoms with Gasteiger partial charge in [-0.25, -0.2) is 9.97 Å². The van der Waals surface area contributed by atoms with Gasteiger partial charge in [-0.05, 0) is 54.4 Å². The molecule has 0 saturated carbocycles. The normalized spacial score (nSPS) is 10.6. The lowest BCUT2D eigenvalue weighted by Crippen LogP contribution is -2.30. The Morgan fingerprint density at radius 1 is 1.03 bits per heavy atom. The van der Waals surface area contributed by atoms with Crippen molar-refractivity contribution in [3.8, 4) is 0 Å². The number of pyridine rings is 2. The summed E-state index contributed by atoms with van der Waals surface area (Å²) in [4.78, 5) is 33.3. The summed E-state index contributed by atoms with van der Waals surface area (Å²) in [5, 5.41) is 17.8. The van der Waals surface area contributed by atoms with Crippen LogP contribution >= 0.6 is 11.8 Å². The summed E-state index contributed by atoms with van der Waals surface area (Å²) >= 11 is 1.43. The fourth-order valence-electron chi connectivity index (χ4n) is 2.85. The molecule has 2 amide bonds. The Hall–Kier alpha value is -3.27. The predicted octanol–water partition coefficient (Wildman–Crippen LogP) is 2.85. The molecule has 0 bridgehead atoms. The van der Waals surface area contributed by atoms with E-state index in [1.807, 2.05) is 37.3 Å². The number of anilines is 2. The molecule has 0 atom stereocenters. The highest BCUT2D eigenvalue weighted by Crippen LogP contribution is 2.25. The van der Waals surface area contributed by atoms with E-state index in [0.29, 0.717) is 28.7 Å². The number of hydrogen-bond donors (Lipinski definition) is 4. The molecule has 0 aliphatic carbocycles. The van der Waals surface area contributed by atoms with Gasteiger partial charge < -0.3 is 21.1 Å². The average molecular weight is 452 g/mol. The van der Waals surface area contributed by atoms with Crippen LogP contribution < -0.4 is 16.0 Å². The van der Waals surface area contributed by atoms with Crippen LogP contribution in [0.5, 0.6) is 0 Å². The molecule has 166 valence electrons. The van der Waals surface area contributed by atoms with Crippen molar-refractivity contribution < 1.29 is 14.7 Å². The predicted molar refractivity (Wildman–Crippen MR) is 126 cm³/mol. The highest BCUT2D eigenvalue weighted by Gasteiger charge is 2.14. The lowest BCUT2D eigenvalue weighted by Gasteiger charge is -2.10. The highest BCUT2D eigenvalue weighted by atomic mass is 32.2. The molecule has 0 unspecified atom stereocenters. The van der Waals surface area contributed by atoms with E-state index in [1.165, 1.54) is 11.8 Å². The number of aliphatic hydroxyl groups is 1. The van der Waals surface area contributed by atoms with Crippen LogP contribution in [0.3, 0.4) is 0 Å². The number of hydrogen-bond acceptors (Lipinski definition) is 7. The fourth-order valence-corrected chi connectivity index (χ4v) is 3.79. The van der Waals surface area contributed by atoms with Crippen LogP contribution in [0.25, 0.3) is 0 Å². The molecular formula is C23H25N5O3S. The Morgan fingerprint density at radius 2 is 1.91 bits per heavy atom. The molecule has 4 N–H and O–H groups in total. The maximum atomic E-state index is 12.8. The van der Waals surface area contributed by atoms with E-state index in [2.05, 4.69) is 25.9 Å². The average Bonchev–Trinajstić information content (AvgIpc) is 2.78. The van der Waals surface area contributed by atoms with Gasteiger partial charge in [0.2, 0.25) is 5.91 Å². The van der Waals surface area contributed by atoms with Crippen molar-refractivity contribution in [2.75, 3.05) is 30.3 Å². The first-order valence-corrected chi connectivity index (χ1v) is 11.1. The minimum absolute atomic E-state index is 0.0310. The van der Waals surface area contributed by atoms with Crippen molar-refractivity contribution in [3.63, 3.8) is 0 Å². The minimum Gasteiger partial charge on any atom is -0.395 e. The number of thioether (sulfide) groups is 1. The number of carbonyl (C=O) groups excluding carboxylic acids is 2. The first-order valence-electron chi connectivity index (χ1n) is 10.1. The van der Waals surface area contributed by atoms with Crippen LogP contribution in [-0.4, -0.2) is 46.6 Å². The van der Waals surface area contributed by atoms with Crippen molar-refractivity contribution in [3.05, 3.63) is 77.6 Å². The zero-order valence-corrected chi connectivity index (χ0v) is 18.5. The second kappa shape index (κ2) is 11.9. The molecule has 2 aromatic heterocycles. The van der Waals surface area contributed by atoms with Crippen molar-refractivity contribution in [1.29, 1.82) is 0 Å². The third-order valence-corrected chi connectivity index (χ3v) is 5.41. The molecule has 8 nitrogen and oxygen atoms in total. The molecule has 3 aromatic rings. The highest BCUT2D eigenvalue weighted by molar-refractivity contribution is 7.98. The number of aromatic nitrogens is 2. The standard InChI is InChI=1S/C23H25N5O3S/c1-16-4-2-5-18(12-16)27-22(31)19-6-3-8-26-23(19)32-15-17-7-9-25-20(13-17)28-21(30)14-24-10-11-29/h2-9,12-13,24,29H,10-11,14-15H2,1H3,(H,27,31)(H,25,28,30). The number of nitrogens with one attached hydrogen (secondary N) is 3. The molecule has 2 heterocycles. The molecule has 0 aliphatic rings. The second-order valence-electron chi connectivity index (χ2n) is 6.97. The summed E-state index contributed by atoms with van der Waals surface area (Å²) in [6.45, 7) is 2.38. The molecule has 1 aromatic carbocycles. The quantitative estimate of drug-likeness (QED) is 0.277. The van der Waals surface area contributed by atoms with E-state index in [1.54, 1.807) is 30.6 Å². The van der Waals surface area contributed by atoms with Gasteiger partial charge in [0.1, 0.15) is 10.8 Å². The molecule has 0 aliphatic heterocycles. The SMILES string of the molecule is Cc1cccc(NC(=O)c2cccnc2SCc2ccnc(NC(=O)CNCCO)c2)c1. The largest absolute Gasteiger partial charge is 0.395 e. The van der Waals surface area contributed by atoms with Crippen molar-refractivity contribution >= 4 is 35.1 Å². The summed E-state index contributed by atoms with van der Waals surface area (Å²) in [6, 6.07) is 14.7. The van der Waals surface area contributed by atoms with Crippen LogP contribution in [0.15, 0.2) is 66.0 Å². The van der Waals surface area contributed by atoms with Gasteiger partial charge in [0.25, 0.3) is 5.91 Å².